The van der Waals surface area contributed by atoms with Crippen molar-refractivity contribution < 1.29 is 4.92 Å². The molecule has 0 amide bonds. The number of hydrogen-bond acceptors (Lipinski definition) is 4. The van der Waals surface area contributed by atoms with Gasteiger partial charge in [-0.2, -0.15) is 5.26 Å². The van der Waals surface area contributed by atoms with E-state index in [-0.39, 0.29) is 5.69 Å². The summed E-state index contributed by atoms with van der Waals surface area (Å²) in [5.74, 6) is 0. The molecule has 1 rings (SSSR count). The van der Waals surface area contributed by atoms with E-state index >= 15 is 0 Å². The van der Waals surface area contributed by atoms with Crippen molar-refractivity contribution in [2.24, 2.45) is 0 Å². The summed E-state index contributed by atoms with van der Waals surface area (Å²) in [6.45, 7) is 0. The fraction of sp³-hybridized carbons (Fsp3) is 0.222. The highest BCUT2D eigenvalue weighted by molar-refractivity contribution is 5.64. The minimum Gasteiger partial charge on any atom is -0.372 e. The molecule has 5 heteroatoms. The zero-order valence-electron chi connectivity index (χ0n) is 7.89. The second-order valence-corrected chi connectivity index (χ2v) is 2.97. The van der Waals surface area contributed by atoms with Crippen LogP contribution >= 0.6 is 0 Å². The molecular formula is C9H9N3O2. The van der Waals surface area contributed by atoms with Gasteiger partial charge in [-0.15, -0.1) is 0 Å². The van der Waals surface area contributed by atoms with Crippen LogP contribution in [0.4, 0.5) is 11.4 Å². The van der Waals surface area contributed by atoms with Crippen LogP contribution in [-0.2, 0) is 0 Å². The molecule has 0 spiro atoms. The smallest absolute Gasteiger partial charge is 0.293 e. The normalized spacial score (nSPS) is 9.21. The van der Waals surface area contributed by atoms with Gasteiger partial charge in [-0.25, -0.2) is 0 Å². The van der Waals surface area contributed by atoms with E-state index in [2.05, 4.69) is 0 Å². The van der Waals surface area contributed by atoms with Crippen molar-refractivity contribution in [1.82, 2.24) is 0 Å². The number of hydrogen-bond donors (Lipinski definition) is 0. The Bertz CT molecular complexity index is 407. The van der Waals surface area contributed by atoms with Gasteiger partial charge >= 0.3 is 0 Å². The van der Waals surface area contributed by atoms with Crippen LogP contribution in [0.5, 0.6) is 0 Å². The van der Waals surface area contributed by atoms with Crippen LogP contribution in [0.1, 0.15) is 5.56 Å². The van der Waals surface area contributed by atoms with Gasteiger partial charge in [-0.3, -0.25) is 10.1 Å². The highest BCUT2D eigenvalue weighted by Gasteiger charge is 2.15. The Morgan fingerprint density at radius 2 is 2.14 bits per heavy atom. The number of anilines is 1. The number of rotatable bonds is 2. The van der Waals surface area contributed by atoms with Gasteiger partial charge in [0, 0.05) is 20.2 Å². The van der Waals surface area contributed by atoms with Crippen molar-refractivity contribution in [3.05, 3.63) is 33.9 Å². The van der Waals surface area contributed by atoms with Gasteiger partial charge in [0.15, 0.2) is 0 Å². The quantitative estimate of drug-likeness (QED) is 0.525. The topological polar surface area (TPSA) is 70.2 Å². The number of nitrogens with zero attached hydrogens (tertiary/aromatic N) is 3. The fourth-order valence-electron chi connectivity index (χ4n) is 1.12. The van der Waals surface area contributed by atoms with E-state index in [4.69, 9.17) is 5.26 Å². The van der Waals surface area contributed by atoms with Crippen LogP contribution in [0.3, 0.4) is 0 Å². The van der Waals surface area contributed by atoms with Crippen LogP contribution in [-0.4, -0.2) is 19.0 Å². The first-order chi connectivity index (χ1) is 6.56. The maximum atomic E-state index is 10.7. The molecule has 0 N–H and O–H groups in total. The second-order valence-electron chi connectivity index (χ2n) is 2.97. The molecular weight excluding hydrogens is 182 g/mol. The third-order valence-electron chi connectivity index (χ3n) is 1.78. The molecule has 0 saturated carbocycles. The van der Waals surface area contributed by atoms with Gasteiger partial charge in [-0.1, -0.05) is 0 Å². The molecule has 1 aromatic carbocycles. The lowest BCUT2D eigenvalue weighted by atomic mass is 10.2. The van der Waals surface area contributed by atoms with Gasteiger partial charge in [0.05, 0.1) is 16.6 Å². The van der Waals surface area contributed by atoms with Crippen LogP contribution < -0.4 is 4.90 Å². The third kappa shape index (κ3) is 1.80. The molecule has 0 aliphatic carbocycles. The summed E-state index contributed by atoms with van der Waals surface area (Å²) in [7, 11) is 3.43. The van der Waals surface area contributed by atoms with Crippen molar-refractivity contribution in [3.63, 3.8) is 0 Å². The molecule has 0 radical (unpaired) electrons. The van der Waals surface area contributed by atoms with E-state index in [9.17, 15) is 10.1 Å². The van der Waals surface area contributed by atoms with E-state index in [0.29, 0.717) is 11.3 Å². The van der Waals surface area contributed by atoms with Gasteiger partial charge in [0.1, 0.15) is 5.69 Å². The lowest BCUT2D eigenvalue weighted by Crippen LogP contribution is -2.10. The first-order valence-electron chi connectivity index (χ1n) is 3.92. The highest BCUT2D eigenvalue weighted by Crippen LogP contribution is 2.27. The second kappa shape index (κ2) is 3.75. The molecule has 0 saturated heterocycles. The summed E-state index contributed by atoms with van der Waals surface area (Å²) in [6, 6.07) is 6.26. The lowest BCUT2D eigenvalue weighted by Gasteiger charge is -2.11. The SMILES string of the molecule is CN(C)c1ccc(C#N)cc1[N+](=O)[O-]. The highest BCUT2D eigenvalue weighted by atomic mass is 16.6. The minimum atomic E-state index is -0.490. The lowest BCUT2D eigenvalue weighted by molar-refractivity contribution is -0.384. The van der Waals surface area contributed by atoms with E-state index in [0.717, 1.165) is 0 Å². The van der Waals surface area contributed by atoms with E-state index in [1.54, 1.807) is 31.1 Å². The van der Waals surface area contributed by atoms with Crippen molar-refractivity contribution in [3.8, 4) is 6.07 Å². The molecule has 0 atom stereocenters. The Labute approximate surface area is 81.3 Å². The van der Waals surface area contributed by atoms with Crippen LogP contribution in [0.25, 0.3) is 0 Å². The number of benzene rings is 1. The first-order valence-corrected chi connectivity index (χ1v) is 3.92. The average Bonchev–Trinajstić information content (AvgIpc) is 2.16. The molecule has 14 heavy (non-hydrogen) atoms. The van der Waals surface area contributed by atoms with Crippen molar-refractivity contribution in [1.29, 1.82) is 5.26 Å². The molecule has 0 aliphatic heterocycles. The van der Waals surface area contributed by atoms with Gasteiger partial charge in [0.25, 0.3) is 5.69 Å². The first kappa shape index (κ1) is 9.99. The Kier molecular flexibility index (Phi) is 2.67. The summed E-state index contributed by atoms with van der Waals surface area (Å²) in [5.41, 5.74) is 0.741. The summed E-state index contributed by atoms with van der Waals surface area (Å²) >= 11 is 0. The molecule has 0 bridgehead atoms. The molecule has 1 aromatic rings. The van der Waals surface area contributed by atoms with Crippen molar-refractivity contribution in [2.45, 2.75) is 0 Å². The number of nitriles is 1. The van der Waals surface area contributed by atoms with Gasteiger partial charge < -0.3 is 4.90 Å². The van der Waals surface area contributed by atoms with Crippen molar-refractivity contribution in [2.75, 3.05) is 19.0 Å². The fourth-order valence-corrected chi connectivity index (χ4v) is 1.12. The molecule has 0 aliphatic rings. The van der Waals surface area contributed by atoms with Gasteiger partial charge in [0.2, 0.25) is 0 Å². The number of nitro benzene ring substituents is 1. The van der Waals surface area contributed by atoms with Crippen LogP contribution in [0, 0.1) is 21.4 Å². The summed E-state index contributed by atoms with van der Waals surface area (Å²) in [4.78, 5) is 11.8. The molecule has 0 unspecified atom stereocenters. The Morgan fingerprint density at radius 3 is 2.57 bits per heavy atom. The van der Waals surface area contributed by atoms with E-state index in [1.807, 2.05) is 6.07 Å². The molecule has 5 nitrogen and oxygen atoms in total. The van der Waals surface area contributed by atoms with E-state index in [1.165, 1.54) is 6.07 Å². The average molecular weight is 191 g/mol. The molecule has 0 heterocycles. The predicted molar refractivity (Wildman–Crippen MR) is 52.1 cm³/mol. The molecule has 0 aromatic heterocycles. The zero-order chi connectivity index (χ0) is 10.7. The van der Waals surface area contributed by atoms with Crippen LogP contribution in [0.15, 0.2) is 18.2 Å². The predicted octanol–water partition coefficient (Wildman–Crippen LogP) is 1.53. The maximum Gasteiger partial charge on any atom is 0.293 e. The summed E-state index contributed by atoms with van der Waals surface area (Å²) < 4.78 is 0. The summed E-state index contributed by atoms with van der Waals surface area (Å²) in [6.07, 6.45) is 0. The Morgan fingerprint density at radius 1 is 1.50 bits per heavy atom. The van der Waals surface area contributed by atoms with Crippen LogP contribution in [0.2, 0.25) is 0 Å². The standard InChI is InChI=1S/C9H9N3O2/c1-11(2)8-4-3-7(6-10)5-9(8)12(13)14/h3-5H,1-2H3. The van der Waals surface area contributed by atoms with Gasteiger partial charge in [-0.05, 0) is 12.1 Å². The zero-order valence-corrected chi connectivity index (χ0v) is 7.89. The minimum absolute atomic E-state index is 0.0472. The van der Waals surface area contributed by atoms with E-state index < -0.39 is 4.92 Å². The number of nitro groups is 1. The van der Waals surface area contributed by atoms with Crippen molar-refractivity contribution >= 4 is 11.4 Å². The maximum absolute atomic E-state index is 10.7. The Hall–Kier alpha value is -2.09. The third-order valence-corrected chi connectivity index (χ3v) is 1.78. The molecule has 72 valence electrons. The largest absolute Gasteiger partial charge is 0.372 e. The molecule has 0 fully saturated rings. The monoisotopic (exact) mass is 191 g/mol. The summed E-state index contributed by atoms with van der Waals surface area (Å²) in [5, 5.41) is 19.3. The Balaban J connectivity index is 3.33.